The Morgan fingerprint density at radius 1 is 1.26 bits per heavy atom. The minimum atomic E-state index is -0.432. The van der Waals surface area contributed by atoms with Crippen LogP contribution in [0.25, 0.3) is 0 Å². The Morgan fingerprint density at radius 3 is 2.65 bits per heavy atom. The lowest BCUT2D eigenvalue weighted by molar-refractivity contribution is -0.123. The predicted molar refractivity (Wildman–Crippen MR) is 87.3 cm³/mol. The first-order chi connectivity index (χ1) is 11.1. The van der Waals surface area contributed by atoms with Crippen molar-refractivity contribution < 1.29 is 19.4 Å². The lowest BCUT2D eigenvalue weighted by Crippen LogP contribution is -2.24. The van der Waals surface area contributed by atoms with E-state index in [1.807, 2.05) is 0 Å². The van der Waals surface area contributed by atoms with Gasteiger partial charge in [-0.3, -0.25) is 4.79 Å². The predicted octanol–water partition coefficient (Wildman–Crippen LogP) is 2.58. The number of phenols is 1. The lowest BCUT2D eigenvalue weighted by atomic mass is 10.2. The van der Waals surface area contributed by atoms with Crippen molar-refractivity contribution in [2.75, 3.05) is 13.7 Å². The van der Waals surface area contributed by atoms with Crippen LogP contribution in [0.4, 0.5) is 0 Å². The Bertz CT molecular complexity index is 702. The maximum atomic E-state index is 11.6. The lowest BCUT2D eigenvalue weighted by Gasteiger charge is -2.05. The molecule has 23 heavy (non-hydrogen) atoms. The molecule has 0 aliphatic rings. The molecular weight excluding hydrogens is 320 g/mol. The second-order valence-electron chi connectivity index (χ2n) is 4.46. The molecule has 0 fully saturated rings. The Balaban J connectivity index is 1.85. The summed E-state index contributed by atoms with van der Waals surface area (Å²) >= 11 is 5.75. The Morgan fingerprint density at radius 2 is 1.96 bits per heavy atom. The second-order valence-corrected chi connectivity index (χ2v) is 4.90. The molecule has 0 saturated carbocycles. The molecule has 0 aromatic heterocycles. The number of hydrazone groups is 1. The first-order valence-corrected chi connectivity index (χ1v) is 7.03. The number of hydrogen-bond acceptors (Lipinski definition) is 5. The van der Waals surface area contributed by atoms with Crippen molar-refractivity contribution in [1.29, 1.82) is 0 Å². The highest BCUT2D eigenvalue weighted by atomic mass is 35.5. The van der Waals surface area contributed by atoms with Gasteiger partial charge in [-0.2, -0.15) is 5.10 Å². The molecule has 0 bridgehead atoms. The Kier molecular flexibility index (Phi) is 5.82. The fourth-order valence-corrected chi connectivity index (χ4v) is 1.77. The number of halogens is 1. The third kappa shape index (κ3) is 5.19. The molecule has 0 aliphatic heterocycles. The van der Waals surface area contributed by atoms with Crippen molar-refractivity contribution in [1.82, 2.24) is 5.43 Å². The topological polar surface area (TPSA) is 80.2 Å². The number of ether oxygens (including phenoxy) is 2. The van der Waals surface area contributed by atoms with Crippen molar-refractivity contribution in [3.63, 3.8) is 0 Å². The monoisotopic (exact) mass is 334 g/mol. The van der Waals surface area contributed by atoms with Gasteiger partial charge in [-0.05, 0) is 42.5 Å². The van der Waals surface area contributed by atoms with E-state index in [-0.39, 0.29) is 12.4 Å². The van der Waals surface area contributed by atoms with Crippen LogP contribution in [0, 0.1) is 0 Å². The average Bonchev–Trinajstić information content (AvgIpc) is 2.56. The van der Waals surface area contributed by atoms with E-state index in [1.165, 1.54) is 19.4 Å². The number of aromatic hydroxyl groups is 1. The van der Waals surface area contributed by atoms with E-state index in [4.69, 9.17) is 21.1 Å². The molecule has 2 rings (SSSR count). The van der Waals surface area contributed by atoms with Crippen LogP contribution in [0.3, 0.4) is 0 Å². The van der Waals surface area contributed by atoms with Crippen LogP contribution in [-0.2, 0) is 4.79 Å². The fraction of sp³-hybridized carbons (Fsp3) is 0.125. The second kappa shape index (κ2) is 8.05. The molecule has 0 aliphatic carbocycles. The van der Waals surface area contributed by atoms with E-state index < -0.39 is 5.91 Å². The first kappa shape index (κ1) is 16.6. The van der Waals surface area contributed by atoms with Crippen LogP contribution in [0.5, 0.6) is 17.2 Å². The number of benzene rings is 2. The molecule has 0 saturated heterocycles. The van der Waals surface area contributed by atoms with Crippen molar-refractivity contribution in [3.8, 4) is 17.2 Å². The van der Waals surface area contributed by atoms with Gasteiger partial charge in [0.2, 0.25) is 0 Å². The van der Waals surface area contributed by atoms with E-state index >= 15 is 0 Å². The first-order valence-electron chi connectivity index (χ1n) is 6.66. The van der Waals surface area contributed by atoms with Crippen LogP contribution in [0.1, 0.15) is 5.56 Å². The van der Waals surface area contributed by atoms with Gasteiger partial charge < -0.3 is 14.6 Å². The SMILES string of the molecule is COc1ccc(O)c(/C=N\NC(=O)COc2ccc(Cl)cc2)c1. The minimum Gasteiger partial charge on any atom is -0.507 e. The molecule has 2 aromatic rings. The van der Waals surface area contributed by atoms with Crippen LogP contribution >= 0.6 is 11.6 Å². The molecule has 2 aromatic carbocycles. The van der Waals surface area contributed by atoms with Gasteiger partial charge in [-0.25, -0.2) is 5.43 Å². The standard InChI is InChI=1S/C16H15ClN2O4/c1-22-14-6-7-15(20)11(8-14)9-18-19-16(21)10-23-13-4-2-12(17)3-5-13/h2-9,20H,10H2,1H3,(H,19,21)/b18-9-. The highest BCUT2D eigenvalue weighted by molar-refractivity contribution is 6.30. The zero-order valence-electron chi connectivity index (χ0n) is 12.3. The van der Waals surface area contributed by atoms with Gasteiger partial charge in [-0.1, -0.05) is 11.6 Å². The van der Waals surface area contributed by atoms with Crippen LogP contribution in [-0.4, -0.2) is 30.9 Å². The van der Waals surface area contributed by atoms with Crippen molar-refractivity contribution in [2.45, 2.75) is 0 Å². The van der Waals surface area contributed by atoms with Crippen molar-refractivity contribution >= 4 is 23.7 Å². The fourth-order valence-electron chi connectivity index (χ4n) is 1.65. The average molecular weight is 335 g/mol. The molecule has 0 spiro atoms. The van der Waals surface area contributed by atoms with Gasteiger partial charge in [0, 0.05) is 10.6 Å². The number of carbonyl (C=O) groups excluding carboxylic acids is 1. The maximum absolute atomic E-state index is 11.6. The van der Waals surface area contributed by atoms with Crippen molar-refractivity contribution in [3.05, 3.63) is 53.1 Å². The van der Waals surface area contributed by atoms with E-state index in [0.717, 1.165) is 0 Å². The van der Waals surface area contributed by atoms with Gasteiger partial charge in [-0.15, -0.1) is 0 Å². The number of nitrogens with zero attached hydrogens (tertiary/aromatic N) is 1. The smallest absolute Gasteiger partial charge is 0.277 e. The molecule has 7 heteroatoms. The largest absolute Gasteiger partial charge is 0.507 e. The molecule has 1 amide bonds. The summed E-state index contributed by atoms with van der Waals surface area (Å²) in [4.78, 5) is 11.6. The minimum absolute atomic E-state index is 0.0289. The molecule has 0 unspecified atom stereocenters. The summed E-state index contributed by atoms with van der Waals surface area (Å²) in [7, 11) is 1.52. The number of nitrogens with one attached hydrogen (secondary N) is 1. The quantitative estimate of drug-likeness (QED) is 0.628. The van der Waals surface area contributed by atoms with Crippen LogP contribution in [0.15, 0.2) is 47.6 Å². The molecule has 0 heterocycles. The van der Waals surface area contributed by atoms with E-state index in [2.05, 4.69) is 10.5 Å². The number of carbonyl (C=O) groups is 1. The van der Waals surface area contributed by atoms with E-state index in [0.29, 0.717) is 22.1 Å². The molecule has 120 valence electrons. The summed E-state index contributed by atoms with van der Waals surface area (Å²) in [5.74, 6) is 0.695. The number of methoxy groups -OCH3 is 1. The molecule has 0 radical (unpaired) electrons. The normalized spacial score (nSPS) is 10.5. The number of hydrogen-bond donors (Lipinski definition) is 2. The summed E-state index contributed by atoms with van der Waals surface area (Å²) < 4.78 is 10.3. The van der Waals surface area contributed by atoms with Gasteiger partial charge >= 0.3 is 0 Å². The summed E-state index contributed by atoms with van der Waals surface area (Å²) in [5, 5.41) is 14.0. The Hall–Kier alpha value is -2.73. The van der Waals surface area contributed by atoms with Crippen molar-refractivity contribution in [2.24, 2.45) is 5.10 Å². The summed E-state index contributed by atoms with van der Waals surface area (Å²) in [6.07, 6.45) is 1.32. The van der Waals surface area contributed by atoms with E-state index in [9.17, 15) is 9.90 Å². The third-order valence-electron chi connectivity index (χ3n) is 2.81. The number of rotatable bonds is 6. The van der Waals surface area contributed by atoms with Gasteiger partial charge in [0.05, 0.1) is 13.3 Å². The molecule has 0 atom stereocenters. The van der Waals surface area contributed by atoms with E-state index in [1.54, 1.807) is 36.4 Å². The maximum Gasteiger partial charge on any atom is 0.277 e. The van der Waals surface area contributed by atoms with Crippen LogP contribution in [0.2, 0.25) is 5.02 Å². The molecule has 6 nitrogen and oxygen atoms in total. The summed E-state index contributed by atoms with van der Waals surface area (Å²) in [5.41, 5.74) is 2.72. The molecular formula is C16H15ClN2O4. The van der Waals surface area contributed by atoms with Gasteiger partial charge in [0.25, 0.3) is 5.91 Å². The number of phenolic OH excluding ortho intramolecular Hbond substituents is 1. The number of amides is 1. The van der Waals surface area contributed by atoms with Crippen LogP contribution < -0.4 is 14.9 Å². The Labute approximate surface area is 138 Å². The molecule has 2 N–H and O–H groups in total. The van der Waals surface area contributed by atoms with Gasteiger partial charge in [0.15, 0.2) is 6.61 Å². The van der Waals surface area contributed by atoms with Gasteiger partial charge in [0.1, 0.15) is 17.2 Å². The zero-order valence-corrected chi connectivity index (χ0v) is 13.1. The summed E-state index contributed by atoms with van der Waals surface area (Å²) in [6, 6.07) is 11.3. The zero-order chi connectivity index (χ0) is 16.7. The third-order valence-corrected chi connectivity index (χ3v) is 3.06. The summed E-state index contributed by atoms with van der Waals surface area (Å²) in [6.45, 7) is -0.191. The highest BCUT2D eigenvalue weighted by Gasteiger charge is 2.03. The highest BCUT2D eigenvalue weighted by Crippen LogP contribution is 2.21.